The van der Waals surface area contributed by atoms with Gasteiger partial charge in [-0.15, -0.1) is 11.8 Å². The van der Waals surface area contributed by atoms with Crippen LogP contribution in [0.25, 0.3) is 4.91 Å². The summed E-state index contributed by atoms with van der Waals surface area (Å²) in [6, 6.07) is 9.80. The van der Waals surface area contributed by atoms with Gasteiger partial charge in [-0.25, -0.2) is 4.79 Å². The molecule has 0 aliphatic rings. The molecule has 15 heavy (non-hydrogen) atoms. The van der Waals surface area contributed by atoms with E-state index in [-0.39, 0.29) is 5.97 Å². The Bertz CT molecular complexity index is 344. The normalized spacial score (nSPS) is 11.2. The van der Waals surface area contributed by atoms with Crippen molar-refractivity contribution in [3.05, 3.63) is 42.0 Å². The minimum Gasteiger partial charge on any atom is -0.463 e. The predicted molar refractivity (Wildman–Crippen MR) is 64.6 cm³/mol. The molecule has 3 heteroatoms. The van der Waals surface area contributed by atoms with Gasteiger partial charge in [-0.1, -0.05) is 30.3 Å². The van der Waals surface area contributed by atoms with E-state index in [0.717, 1.165) is 10.5 Å². The number of rotatable bonds is 4. The molecule has 1 aromatic carbocycles. The predicted octanol–water partition coefficient (Wildman–Crippen LogP) is 2.95. The maximum absolute atomic E-state index is 11.3. The number of hydrogen-bond donors (Lipinski definition) is 0. The highest BCUT2D eigenvalue weighted by Crippen LogP contribution is 2.24. The Morgan fingerprint density at radius 1 is 1.40 bits per heavy atom. The van der Waals surface area contributed by atoms with Gasteiger partial charge in [0.15, 0.2) is 0 Å². The highest BCUT2D eigenvalue weighted by atomic mass is 32.2. The van der Waals surface area contributed by atoms with Gasteiger partial charge >= 0.3 is 5.97 Å². The Morgan fingerprint density at radius 3 is 2.60 bits per heavy atom. The maximum atomic E-state index is 11.3. The van der Waals surface area contributed by atoms with Gasteiger partial charge in [-0.3, -0.25) is 0 Å². The van der Waals surface area contributed by atoms with Crippen LogP contribution in [0.1, 0.15) is 12.5 Å². The van der Waals surface area contributed by atoms with Crippen molar-refractivity contribution < 1.29 is 9.53 Å². The quantitative estimate of drug-likeness (QED) is 0.578. The molecule has 0 unspecified atom stereocenters. The van der Waals surface area contributed by atoms with Gasteiger partial charge in [0.1, 0.15) is 0 Å². The molecule has 0 aromatic heterocycles. The van der Waals surface area contributed by atoms with Crippen molar-refractivity contribution in [2.24, 2.45) is 0 Å². The minimum atomic E-state index is -0.286. The molecule has 0 aliphatic carbocycles. The molecule has 0 radical (unpaired) electrons. The molecule has 0 fully saturated rings. The summed E-state index contributed by atoms with van der Waals surface area (Å²) in [7, 11) is 0. The van der Waals surface area contributed by atoms with Crippen molar-refractivity contribution in [1.29, 1.82) is 0 Å². The molecule has 1 rings (SSSR count). The van der Waals surface area contributed by atoms with Crippen molar-refractivity contribution >= 4 is 22.6 Å². The minimum absolute atomic E-state index is 0.286. The Hall–Kier alpha value is -1.22. The van der Waals surface area contributed by atoms with Gasteiger partial charge in [-0.2, -0.15) is 0 Å². The molecule has 0 heterocycles. The zero-order valence-corrected chi connectivity index (χ0v) is 9.71. The summed E-state index contributed by atoms with van der Waals surface area (Å²) in [5, 5.41) is 0. The van der Waals surface area contributed by atoms with E-state index in [4.69, 9.17) is 4.74 Å². The second-order valence-electron chi connectivity index (χ2n) is 2.83. The van der Waals surface area contributed by atoms with Crippen LogP contribution in [-0.2, 0) is 9.53 Å². The van der Waals surface area contributed by atoms with Crippen molar-refractivity contribution in [1.82, 2.24) is 0 Å². The zero-order valence-electron chi connectivity index (χ0n) is 8.90. The molecule has 0 amide bonds. The topological polar surface area (TPSA) is 26.3 Å². The summed E-state index contributed by atoms with van der Waals surface area (Å²) < 4.78 is 4.87. The van der Waals surface area contributed by atoms with Crippen LogP contribution in [-0.4, -0.2) is 18.8 Å². The molecule has 1 aromatic rings. The molecule has 0 bridgehead atoms. The van der Waals surface area contributed by atoms with Crippen LogP contribution in [0.3, 0.4) is 0 Å². The lowest BCUT2D eigenvalue weighted by Gasteiger charge is -2.03. The van der Waals surface area contributed by atoms with Crippen LogP contribution >= 0.6 is 11.8 Å². The monoisotopic (exact) mass is 222 g/mol. The van der Waals surface area contributed by atoms with Crippen molar-refractivity contribution in [3.8, 4) is 0 Å². The summed E-state index contributed by atoms with van der Waals surface area (Å²) in [5.41, 5.74) is 1.04. The molecule has 0 spiro atoms. The van der Waals surface area contributed by atoms with Gasteiger partial charge < -0.3 is 4.74 Å². The van der Waals surface area contributed by atoms with E-state index in [9.17, 15) is 4.79 Å². The third-order valence-electron chi connectivity index (χ3n) is 1.81. The third kappa shape index (κ3) is 3.80. The summed E-state index contributed by atoms with van der Waals surface area (Å²) in [6.07, 6.45) is 3.47. The average molecular weight is 222 g/mol. The van der Waals surface area contributed by atoms with E-state index in [1.165, 1.54) is 17.8 Å². The van der Waals surface area contributed by atoms with Crippen molar-refractivity contribution in [2.45, 2.75) is 6.92 Å². The Morgan fingerprint density at radius 2 is 2.07 bits per heavy atom. The number of thioether (sulfide) groups is 1. The molecular weight excluding hydrogens is 208 g/mol. The third-order valence-corrected chi connectivity index (χ3v) is 2.61. The van der Waals surface area contributed by atoms with Gasteiger partial charge in [0.25, 0.3) is 0 Å². The molecule has 0 N–H and O–H groups in total. The first-order chi connectivity index (χ1) is 7.27. The number of ether oxygens (including phenoxy) is 1. The van der Waals surface area contributed by atoms with Crippen LogP contribution in [0.2, 0.25) is 0 Å². The summed E-state index contributed by atoms with van der Waals surface area (Å²) >= 11 is 1.54. The zero-order chi connectivity index (χ0) is 11.1. The van der Waals surface area contributed by atoms with Crippen LogP contribution in [0.4, 0.5) is 0 Å². The molecule has 0 aliphatic heterocycles. The number of carbonyl (C=O) groups excluding carboxylic acids is 1. The Balaban J connectivity index is 2.84. The molecule has 80 valence electrons. The van der Waals surface area contributed by atoms with E-state index in [1.54, 1.807) is 6.92 Å². The van der Waals surface area contributed by atoms with E-state index in [2.05, 4.69) is 0 Å². The first-order valence-electron chi connectivity index (χ1n) is 4.75. The van der Waals surface area contributed by atoms with Crippen molar-refractivity contribution in [3.63, 3.8) is 0 Å². The first-order valence-corrected chi connectivity index (χ1v) is 5.98. The second kappa shape index (κ2) is 6.30. The number of carbonyl (C=O) groups is 1. The van der Waals surface area contributed by atoms with Gasteiger partial charge in [0.2, 0.25) is 0 Å². The molecule has 0 atom stereocenters. The fourth-order valence-electron chi connectivity index (χ4n) is 1.15. The molecule has 0 saturated heterocycles. The van der Waals surface area contributed by atoms with Gasteiger partial charge in [0, 0.05) is 11.0 Å². The summed E-state index contributed by atoms with van der Waals surface area (Å²) in [5.74, 6) is -0.286. The van der Waals surface area contributed by atoms with E-state index in [1.807, 2.05) is 36.6 Å². The lowest BCUT2D eigenvalue weighted by atomic mass is 10.2. The fourth-order valence-corrected chi connectivity index (χ4v) is 1.74. The smallest absolute Gasteiger partial charge is 0.331 e. The van der Waals surface area contributed by atoms with Crippen LogP contribution in [0.5, 0.6) is 0 Å². The fraction of sp³-hybridized carbons (Fsp3) is 0.250. The first kappa shape index (κ1) is 11.9. The number of esters is 1. The summed E-state index contributed by atoms with van der Waals surface area (Å²) in [6.45, 7) is 2.21. The largest absolute Gasteiger partial charge is 0.463 e. The Kier molecular flexibility index (Phi) is 4.98. The van der Waals surface area contributed by atoms with E-state index >= 15 is 0 Å². The molecular formula is C12H14O2S. The highest BCUT2D eigenvalue weighted by molar-refractivity contribution is 8.07. The number of hydrogen-bond acceptors (Lipinski definition) is 3. The highest BCUT2D eigenvalue weighted by Gasteiger charge is 2.03. The second-order valence-corrected chi connectivity index (χ2v) is 3.68. The lowest BCUT2D eigenvalue weighted by Crippen LogP contribution is -2.00. The van der Waals surface area contributed by atoms with Gasteiger partial charge in [0.05, 0.1) is 6.61 Å². The van der Waals surface area contributed by atoms with E-state index < -0.39 is 0 Å². The van der Waals surface area contributed by atoms with Crippen LogP contribution in [0.15, 0.2) is 36.4 Å². The maximum Gasteiger partial charge on any atom is 0.331 e. The van der Waals surface area contributed by atoms with E-state index in [0.29, 0.717) is 6.61 Å². The van der Waals surface area contributed by atoms with Crippen molar-refractivity contribution in [2.75, 3.05) is 12.9 Å². The van der Waals surface area contributed by atoms with Crippen LogP contribution < -0.4 is 0 Å². The van der Waals surface area contributed by atoms with Crippen LogP contribution in [0, 0.1) is 0 Å². The SMILES string of the molecule is CCOC(=O)C=C(SC)c1ccccc1. The van der Waals surface area contributed by atoms with Gasteiger partial charge in [-0.05, 0) is 18.7 Å². The number of benzene rings is 1. The molecule has 2 nitrogen and oxygen atoms in total. The standard InChI is InChI=1S/C12H14O2S/c1-3-14-12(13)9-11(15-2)10-7-5-4-6-8-10/h4-9H,3H2,1-2H3. The lowest BCUT2D eigenvalue weighted by molar-refractivity contribution is -0.137. The Labute approximate surface area is 94.3 Å². The summed E-state index contributed by atoms with van der Waals surface area (Å²) in [4.78, 5) is 12.2. The average Bonchev–Trinajstić information content (AvgIpc) is 2.27. The molecule has 0 saturated carbocycles.